The Bertz CT molecular complexity index is 661. The van der Waals surface area contributed by atoms with Crippen LogP contribution in [-0.2, 0) is 6.42 Å². The van der Waals surface area contributed by atoms with E-state index >= 15 is 0 Å². The summed E-state index contributed by atoms with van der Waals surface area (Å²) in [6, 6.07) is 15.2. The predicted molar refractivity (Wildman–Crippen MR) is 86.2 cm³/mol. The summed E-state index contributed by atoms with van der Waals surface area (Å²) in [7, 11) is 1.70. The number of nitrogen functional groups attached to an aromatic ring is 1. The molecule has 1 aliphatic carbocycles. The Hall–Kier alpha value is -2.16. The van der Waals surface area contributed by atoms with Crippen LogP contribution < -0.4 is 15.4 Å². The Balaban J connectivity index is 1.77. The van der Waals surface area contributed by atoms with E-state index in [1.54, 1.807) is 7.11 Å². The Kier molecular flexibility index (Phi) is 2.81. The number of rotatable bonds is 3. The minimum absolute atomic E-state index is 0.579. The molecular formula is C18H20N2O. The summed E-state index contributed by atoms with van der Waals surface area (Å²) in [6.07, 6.45) is 3.83. The third-order valence-electron chi connectivity index (χ3n) is 4.65. The Labute approximate surface area is 125 Å². The van der Waals surface area contributed by atoms with Crippen molar-refractivity contribution in [1.29, 1.82) is 0 Å². The first-order valence-electron chi connectivity index (χ1n) is 7.58. The van der Waals surface area contributed by atoms with E-state index in [-0.39, 0.29) is 0 Å². The molecule has 1 aliphatic heterocycles. The Morgan fingerprint density at radius 1 is 1.10 bits per heavy atom. The van der Waals surface area contributed by atoms with Crippen molar-refractivity contribution in [1.82, 2.24) is 0 Å². The van der Waals surface area contributed by atoms with Gasteiger partial charge in [-0.05, 0) is 67.1 Å². The van der Waals surface area contributed by atoms with Gasteiger partial charge in [0.1, 0.15) is 5.75 Å². The molecule has 1 atom stereocenters. The maximum Gasteiger partial charge on any atom is 0.119 e. The molecule has 1 unspecified atom stereocenters. The van der Waals surface area contributed by atoms with Gasteiger partial charge in [-0.2, -0.15) is 0 Å². The molecule has 21 heavy (non-hydrogen) atoms. The van der Waals surface area contributed by atoms with Gasteiger partial charge in [0.25, 0.3) is 0 Å². The fourth-order valence-electron chi connectivity index (χ4n) is 3.40. The molecule has 0 bridgehead atoms. The Morgan fingerprint density at radius 3 is 2.52 bits per heavy atom. The van der Waals surface area contributed by atoms with Crippen LogP contribution in [0.3, 0.4) is 0 Å². The summed E-state index contributed by atoms with van der Waals surface area (Å²) in [5.41, 5.74) is 10.8. The molecule has 4 rings (SSSR count). The number of nitrogens with zero attached hydrogens (tertiary/aromatic N) is 1. The SMILES string of the molecule is COc1ccc(N2c3cc(N)ccc3CC2C2CC2)cc1. The van der Waals surface area contributed by atoms with Gasteiger partial charge >= 0.3 is 0 Å². The first-order chi connectivity index (χ1) is 10.3. The zero-order chi connectivity index (χ0) is 14.4. The van der Waals surface area contributed by atoms with Gasteiger partial charge in [-0.15, -0.1) is 0 Å². The first kappa shape index (κ1) is 12.6. The minimum atomic E-state index is 0.579. The average molecular weight is 280 g/mol. The van der Waals surface area contributed by atoms with Crippen LogP contribution in [0.25, 0.3) is 0 Å². The van der Waals surface area contributed by atoms with E-state index in [0.29, 0.717) is 6.04 Å². The minimum Gasteiger partial charge on any atom is -0.497 e. The lowest BCUT2D eigenvalue weighted by molar-refractivity contribution is 0.415. The van der Waals surface area contributed by atoms with E-state index in [1.807, 2.05) is 18.2 Å². The normalized spacial score (nSPS) is 20.4. The molecule has 0 spiro atoms. The number of methoxy groups -OCH3 is 1. The second kappa shape index (κ2) is 4.69. The number of hydrogen-bond donors (Lipinski definition) is 1. The quantitative estimate of drug-likeness (QED) is 0.870. The van der Waals surface area contributed by atoms with E-state index in [4.69, 9.17) is 10.5 Å². The third-order valence-corrected chi connectivity index (χ3v) is 4.65. The van der Waals surface area contributed by atoms with Gasteiger partial charge in [0, 0.05) is 23.1 Å². The van der Waals surface area contributed by atoms with Crippen LogP contribution in [0.4, 0.5) is 17.1 Å². The standard InChI is InChI=1S/C18H20N2O/c1-21-16-8-6-15(7-9-16)20-17(12-2-3-12)10-13-4-5-14(19)11-18(13)20/h4-9,11-12,17H,2-3,10,19H2,1H3. The lowest BCUT2D eigenvalue weighted by Gasteiger charge is -2.28. The van der Waals surface area contributed by atoms with Crippen LogP contribution in [0.2, 0.25) is 0 Å². The molecule has 0 aromatic heterocycles. The highest BCUT2D eigenvalue weighted by Crippen LogP contribution is 2.48. The van der Waals surface area contributed by atoms with E-state index < -0.39 is 0 Å². The molecule has 2 aliphatic rings. The molecule has 3 heteroatoms. The van der Waals surface area contributed by atoms with Crippen LogP contribution in [0.5, 0.6) is 5.75 Å². The van der Waals surface area contributed by atoms with Gasteiger partial charge in [0.2, 0.25) is 0 Å². The number of fused-ring (bicyclic) bond motifs is 1. The van der Waals surface area contributed by atoms with Crippen molar-refractivity contribution in [2.24, 2.45) is 5.92 Å². The van der Waals surface area contributed by atoms with Crippen molar-refractivity contribution in [3.63, 3.8) is 0 Å². The average Bonchev–Trinajstić information content (AvgIpc) is 3.29. The molecule has 1 fully saturated rings. The number of ether oxygens (including phenoxy) is 1. The van der Waals surface area contributed by atoms with Crippen molar-refractivity contribution in [2.45, 2.75) is 25.3 Å². The highest BCUT2D eigenvalue weighted by atomic mass is 16.5. The summed E-state index contributed by atoms with van der Waals surface area (Å²) in [5, 5.41) is 0. The maximum absolute atomic E-state index is 6.01. The molecule has 1 heterocycles. The van der Waals surface area contributed by atoms with E-state index in [1.165, 1.54) is 29.8 Å². The second-order valence-electron chi connectivity index (χ2n) is 6.07. The van der Waals surface area contributed by atoms with Gasteiger partial charge < -0.3 is 15.4 Å². The lowest BCUT2D eigenvalue weighted by Crippen LogP contribution is -2.29. The number of benzene rings is 2. The fraction of sp³-hybridized carbons (Fsp3) is 0.333. The first-order valence-corrected chi connectivity index (χ1v) is 7.58. The van der Waals surface area contributed by atoms with Crippen molar-refractivity contribution >= 4 is 17.1 Å². The second-order valence-corrected chi connectivity index (χ2v) is 6.07. The maximum atomic E-state index is 6.01. The molecule has 2 aromatic rings. The summed E-state index contributed by atoms with van der Waals surface area (Å²) >= 11 is 0. The number of anilines is 3. The summed E-state index contributed by atoms with van der Waals surface area (Å²) in [4.78, 5) is 2.48. The highest BCUT2D eigenvalue weighted by Gasteiger charge is 2.40. The molecule has 0 radical (unpaired) electrons. The molecule has 108 valence electrons. The van der Waals surface area contributed by atoms with Crippen LogP contribution in [-0.4, -0.2) is 13.2 Å². The highest BCUT2D eigenvalue weighted by molar-refractivity contribution is 5.74. The summed E-state index contributed by atoms with van der Waals surface area (Å²) in [5.74, 6) is 1.72. The number of nitrogens with two attached hydrogens (primary N) is 1. The zero-order valence-corrected chi connectivity index (χ0v) is 12.3. The van der Waals surface area contributed by atoms with Crippen LogP contribution in [0.1, 0.15) is 18.4 Å². The molecule has 2 N–H and O–H groups in total. The van der Waals surface area contributed by atoms with Crippen molar-refractivity contribution < 1.29 is 4.74 Å². The molecular weight excluding hydrogens is 260 g/mol. The lowest BCUT2D eigenvalue weighted by atomic mass is 10.1. The van der Waals surface area contributed by atoms with Gasteiger partial charge in [-0.1, -0.05) is 6.07 Å². The molecule has 3 nitrogen and oxygen atoms in total. The van der Waals surface area contributed by atoms with Crippen molar-refractivity contribution in [2.75, 3.05) is 17.7 Å². The third kappa shape index (κ3) is 2.13. The van der Waals surface area contributed by atoms with E-state index in [2.05, 4.69) is 29.2 Å². The predicted octanol–water partition coefficient (Wildman–Crippen LogP) is 3.75. The largest absolute Gasteiger partial charge is 0.497 e. The molecule has 2 aromatic carbocycles. The number of hydrogen-bond acceptors (Lipinski definition) is 3. The summed E-state index contributed by atoms with van der Waals surface area (Å²) in [6.45, 7) is 0. The monoisotopic (exact) mass is 280 g/mol. The van der Waals surface area contributed by atoms with Crippen LogP contribution in [0.15, 0.2) is 42.5 Å². The van der Waals surface area contributed by atoms with Crippen molar-refractivity contribution in [3.05, 3.63) is 48.0 Å². The van der Waals surface area contributed by atoms with Gasteiger partial charge in [0.15, 0.2) is 0 Å². The van der Waals surface area contributed by atoms with Crippen molar-refractivity contribution in [3.8, 4) is 5.75 Å². The Morgan fingerprint density at radius 2 is 1.86 bits per heavy atom. The molecule has 1 saturated carbocycles. The fourth-order valence-corrected chi connectivity index (χ4v) is 3.40. The molecule has 0 amide bonds. The van der Waals surface area contributed by atoms with E-state index in [0.717, 1.165) is 23.8 Å². The summed E-state index contributed by atoms with van der Waals surface area (Å²) < 4.78 is 5.27. The van der Waals surface area contributed by atoms with Gasteiger partial charge in [0.05, 0.1) is 7.11 Å². The molecule has 0 saturated heterocycles. The van der Waals surface area contributed by atoms with Gasteiger partial charge in [-0.3, -0.25) is 0 Å². The smallest absolute Gasteiger partial charge is 0.119 e. The topological polar surface area (TPSA) is 38.5 Å². The van der Waals surface area contributed by atoms with Gasteiger partial charge in [-0.25, -0.2) is 0 Å². The van der Waals surface area contributed by atoms with E-state index in [9.17, 15) is 0 Å². The van der Waals surface area contributed by atoms with Crippen LogP contribution in [0, 0.1) is 5.92 Å². The zero-order valence-electron chi connectivity index (χ0n) is 12.3. The van der Waals surface area contributed by atoms with Crippen LogP contribution >= 0.6 is 0 Å².